The first-order valence-corrected chi connectivity index (χ1v) is 6.98. The summed E-state index contributed by atoms with van der Waals surface area (Å²) in [5.41, 5.74) is 1.85. The molecule has 0 saturated heterocycles. The standard InChI is InChI=1S/C18H16FNO/c1-12(2)20-11-17(13-7-9-14(19)10-8-13)15-5-3-4-6-16(15)18(20)21/h3-12H,1-2H3. The molecular weight excluding hydrogens is 265 g/mol. The molecule has 0 fully saturated rings. The molecule has 0 spiro atoms. The molecule has 0 N–H and O–H groups in total. The number of pyridine rings is 1. The van der Waals surface area contributed by atoms with E-state index in [2.05, 4.69) is 0 Å². The van der Waals surface area contributed by atoms with Crippen molar-refractivity contribution in [2.24, 2.45) is 0 Å². The van der Waals surface area contributed by atoms with Crippen molar-refractivity contribution < 1.29 is 4.39 Å². The van der Waals surface area contributed by atoms with E-state index in [0.29, 0.717) is 5.39 Å². The zero-order valence-electron chi connectivity index (χ0n) is 12.0. The van der Waals surface area contributed by atoms with E-state index in [1.54, 1.807) is 16.7 Å². The van der Waals surface area contributed by atoms with Crippen LogP contribution in [-0.2, 0) is 0 Å². The van der Waals surface area contributed by atoms with E-state index < -0.39 is 0 Å². The van der Waals surface area contributed by atoms with Crippen LogP contribution < -0.4 is 5.56 Å². The second-order valence-corrected chi connectivity index (χ2v) is 5.40. The summed E-state index contributed by atoms with van der Waals surface area (Å²) in [5.74, 6) is -0.264. The van der Waals surface area contributed by atoms with Gasteiger partial charge in [0.2, 0.25) is 0 Å². The summed E-state index contributed by atoms with van der Waals surface area (Å²) in [5, 5.41) is 1.58. The summed E-state index contributed by atoms with van der Waals surface area (Å²) < 4.78 is 14.9. The molecule has 1 heterocycles. The molecular formula is C18H16FNO. The summed E-state index contributed by atoms with van der Waals surface area (Å²) in [6.45, 7) is 3.95. The Labute approximate surface area is 122 Å². The lowest BCUT2D eigenvalue weighted by Gasteiger charge is -2.15. The van der Waals surface area contributed by atoms with Gasteiger partial charge in [-0.2, -0.15) is 0 Å². The van der Waals surface area contributed by atoms with Crippen LogP contribution in [0.3, 0.4) is 0 Å². The Balaban J connectivity index is 2.38. The van der Waals surface area contributed by atoms with Crippen molar-refractivity contribution in [3.8, 4) is 11.1 Å². The van der Waals surface area contributed by atoms with E-state index in [9.17, 15) is 9.18 Å². The quantitative estimate of drug-likeness (QED) is 0.683. The Morgan fingerprint density at radius 3 is 2.19 bits per heavy atom. The number of rotatable bonds is 2. The third kappa shape index (κ3) is 2.35. The van der Waals surface area contributed by atoms with E-state index in [0.717, 1.165) is 16.5 Å². The molecule has 21 heavy (non-hydrogen) atoms. The van der Waals surface area contributed by atoms with Gasteiger partial charge in [-0.05, 0) is 43.0 Å². The number of nitrogens with zero attached hydrogens (tertiary/aromatic N) is 1. The predicted molar refractivity (Wildman–Crippen MR) is 84.0 cm³/mol. The smallest absolute Gasteiger partial charge is 0.258 e. The molecule has 0 atom stereocenters. The second-order valence-electron chi connectivity index (χ2n) is 5.40. The average Bonchev–Trinajstić information content (AvgIpc) is 2.49. The van der Waals surface area contributed by atoms with Crippen molar-refractivity contribution in [2.45, 2.75) is 19.9 Å². The minimum atomic E-state index is -0.264. The second kappa shape index (κ2) is 5.17. The van der Waals surface area contributed by atoms with E-state index in [1.165, 1.54) is 12.1 Å². The summed E-state index contributed by atoms with van der Waals surface area (Å²) in [4.78, 5) is 12.5. The Kier molecular flexibility index (Phi) is 3.34. The molecule has 2 aromatic carbocycles. The lowest BCUT2D eigenvalue weighted by Crippen LogP contribution is -2.21. The van der Waals surface area contributed by atoms with E-state index in [1.807, 2.05) is 44.3 Å². The number of aromatic nitrogens is 1. The molecule has 0 saturated carbocycles. The fourth-order valence-electron chi connectivity index (χ4n) is 2.55. The van der Waals surface area contributed by atoms with Gasteiger partial charge in [-0.3, -0.25) is 4.79 Å². The lowest BCUT2D eigenvalue weighted by atomic mass is 10.0. The Hall–Kier alpha value is -2.42. The van der Waals surface area contributed by atoms with Gasteiger partial charge in [0.05, 0.1) is 0 Å². The first-order chi connectivity index (χ1) is 10.1. The summed E-state index contributed by atoms with van der Waals surface area (Å²) in [6, 6.07) is 14.0. The van der Waals surface area contributed by atoms with Crippen LogP contribution in [0.2, 0.25) is 0 Å². The van der Waals surface area contributed by atoms with Crippen LogP contribution in [0.25, 0.3) is 21.9 Å². The topological polar surface area (TPSA) is 22.0 Å². The van der Waals surface area contributed by atoms with Crippen LogP contribution >= 0.6 is 0 Å². The monoisotopic (exact) mass is 281 g/mol. The Bertz CT molecular complexity index is 847. The van der Waals surface area contributed by atoms with Crippen LogP contribution in [0, 0.1) is 5.82 Å². The van der Waals surface area contributed by atoms with Crippen LogP contribution in [0.15, 0.2) is 59.5 Å². The Morgan fingerprint density at radius 1 is 0.952 bits per heavy atom. The molecule has 3 heteroatoms. The van der Waals surface area contributed by atoms with Crippen molar-refractivity contribution in [1.29, 1.82) is 0 Å². The zero-order chi connectivity index (χ0) is 15.0. The number of fused-ring (bicyclic) bond motifs is 1. The molecule has 1 aromatic heterocycles. The Morgan fingerprint density at radius 2 is 1.57 bits per heavy atom. The highest BCUT2D eigenvalue weighted by Gasteiger charge is 2.11. The molecule has 2 nitrogen and oxygen atoms in total. The van der Waals surface area contributed by atoms with Crippen LogP contribution in [0.5, 0.6) is 0 Å². The fraction of sp³-hybridized carbons (Fsp3) is 0.167. The largest absolute Gasteiger partial charge is 0.312 e. The summed E-state index contributed by atoms with van der Waals surface area (Å²) >= 11 is 0. The predicted octanol–water partition coefficient (Wildman–Crippen LogP) is 4.39. The van der Waals surface area contributed by atoms with Gasteiger partial charge in [-0.25, -0.2) is 4.39 Å². The van der Waals surface area contributed by atoms with Crippen LogP contribution in [-0.4, -0.2) is 4.57 Å². The maximum absolute atomic E-state index is 13.1. The minimum Gasteiger partial charge on any atom is -0.312 e. The van der Waals surface area contributed by atoms with Gasteiger partial charge in [-0.1, -0.05) is 30.3 Å². The van der Waals surface area contributed by atoms with Crippen molar-refractivity contribution >= 4 is 10.8 Å². The highest BCUT2D eigenvalue weighted by Crippen LogP contribution is 2.27. The lowest BCUT2D eigenvalue weighted by molar-refractivity contribution is 0.583. The molecule has 0 aliphatic carbocycles. The maximum Gasteiger partial charge on any atom is 0.258 e. The zero-order valence-corrected chi connectivity index (χ0v) is 12.0. The maximum atomic E-state index is 13.1. The van der Waals surface area contributed by atoms with Gasteiger partial charge in [0.15, 0.2) is 0 Å². The molecule has 0 radical (unpaired) electrons. The third-order valence-corrected chi connectivity index (χ3v) is 3.66. The van der Waals surface area contributed by atoms with Crippen molar-refractivity contribution in [1.82, 2.24) is 4.57 Å². The SMILES string of the molecule is CC(C)n1cc(-c2ccc(F)cc2)c2ccccc2c1=O. The van der Waals surface area contributed by atoms with Gasteiger partial charge < -0.3 is 4.57 Å². The highest BCUT2D eigenvalue weighted by atomic mass is 19.1. The van der Waals surface area contributed by atoms with Crippen molar-refractivity contribution in [3.05, 3.63) is 70.9 Å². The molecule has 0 unspecified atom stereocenters. The molecule has 3 aromatic rings. The average molecular weight is 281 g/mol. The van der Waals surface area contributed by atoms with E-state index >= 15 is 0 Å². The summed E-state index contributed by atoms with van der Waals surface area (Å²) in [6.07, 6.45) is 1.86. The van der Waals surface area contributed by atoms with E-state index in [4.69, 9.17) is 0 Å². The molecule has 106 valence electrons. The molecule has 0 aliphatic heterocycles. The van der Waals surface area contributed by atoms with Gasteiger partial charge in [0.25, 0.3) is 5.56 Å². The number of benzene rings is 2. The van der Waals surface area contributed by atoms with Crippen LogP contribution in [0.4, 0.5) is 4.39 Å². The highest BCUT2D eigenvalue weighted by molar-refractivity contribution is 5.95. The molecule has 0 amide bonds. The molecule has 0 bridgehead atoms. The number of hydrogen-bond donors (Lipinski definition) is 0. The normalized spacial score (nSPS) is 11.2. The minimum absolute atomic E-state index is 0.00598. The van der Waals surface area contributed by atoms with Gasteiger partial charge in [0, 0.05) is 23.2 Å². The molecule has 3 rings (SSSR count). The first-order valence-electron chi connectivity index (χ1n) is 6.98. The number of hydrogen-bond acceptors (Lipinski definition) is 1. The van der Waals surface area contributed by atoms with E-state index in [-0.39, 0.29) is 17.4 Å². The van der Waals surface area contributed by atoms with Crippen LogP contribution in [0.1, 0.15) is 19.9 Å². The van der Waals surface area contributed by atoms with Gasteiger partial charge in [-0.15, -0.1) is 0 Å². The summed E-state index contributed by atoms with van der Waals surface area (Å²) in [7, 11) is 0. The fourth-order valence-corrected chi connectivity index (χ4v) is 2.55. The third-order valence-electron chi connectivity index (χ3n) is 3.66. The van der Waals surface area contributed by atoms with Crippen molar-refractivity contribution in [2.75, 3.05) is 0 Å². The van der Waals surface area contributed by atoms with Gasteiger partial charge >= 0.3 is 0 Å². The number of halogens is 1. The molecule has 0 aliphatic rings. The van der Waals surface area contributed by atoms with Gasteiger partial charge in [0.1, 0.15) is 5.82 Å². The first kappa shape index (κ1) is 13.6. The van der Waals surface area contributed by atoms with Crippen molar-refractivity contribution in [3.63, 3.8) is 0 Å².